The van der Waals surface area contributed by atoms with Crippen molar-refractivity contribution in [2.24, 2.45) is 0 Å². The molecular weight excluding hydrogens is 414 g/mol. The van der Waals surface area contributed by atoms with Crippen molar-refractivity contribution in [1.82, 2.24) is 14.9 Å². The molecule has 0 aliphatic heterocycles. The molecule has 166 valence electrons. The predicted octanol–water partition coefficient (Wildman–Crippen LogP) is 5.51. The number of ether oxygens (including phenoxy) is 2. The number of methoxy groups -OCH3 is 2. The van der Waals surface area contributed by atoms with Gasteiger partial charge in [-0.15, -0.1) is 0 Å². The molecule has 5 rings (SSSR count). The first-order valence-electron chi connectivity index (χ1n) is 10.8. The molecule has 0 unspecified atom stereocenters. The fraction of sp³-hybridized carbons (Fsp3) is 0.148. The number of carbonyl (C=O) groups excluding carboxylic acids is 1. The van der Waals surface area contributed by atoms with Gasteiger partial charge in [0.1, 0.15) is 11.5 Å². The van der Waals surface area contributed by atoms with Gasteiger partial charge in [0, 0.05) is 58.9 Å². The number of rotatable bonds is 7. The summed E-state index contributed by atoms with van der Waals surface area (Å²) < 4.78 is 10.8. The molecule has 0 fully saturated rings. The van der Waals surface area contributed by atoms with Crippen molar-refractivity contribution in [2.75, 3.05) is 14.2 Å². The maximum atomic E-state index is 13.8. The van der Waals surface area contributed by atoms with E-state index in [0.717, 1.165) is 32.9 Å². The number of aromatic nitrogens is 2. The summed E-state index contributed by atoms with van der Waals surface area (Å²) in [5.41, 5.74) is 4.79. The molecule has 2 N–H and O–H groups in total. The fourth-order valence-electron chi connectivity index (χ4n) is 4.30. The van der Waals surface area contributed by atoms with Gasteiger partial charge in [0.2, 0.25) is 0 Å². The first-order chi connectivity index (χ1) is 16.2. The minimum absolute atomic E-state index is 0.0905. The van der Waals surface area contributed by atoms with E-state index in [9.17, 15) is 4.79 Å². The highest BCUT2D eigenvalue weighted by molar-refractivity contribution is 5.96. The van der Waals surface area contributed by atoms with Gasteiger partial charge in [-0.3, -0.25) is 4.79 Å². The number of amides is 1. The van der Waals surface area contributed by atoms with E-state index in [2.05, 4.69) is 34.2 Å². The average Bonchev–Trinajstić information content (AvgIpc) is 3.53. The van der Waals surface area contributed by atoms with Crippen molar-refractivity contribution in [3.63, 3.8) is 0 Å². The molecule has 0 bridgehead atoms. The van der Waals surface area contributed by atoms with E-state index in [1.165, 1.54) is 0 Å². The summed E-state index contributed by atoms with van der Waals surface area (Å²) in [4.78, 5) is 22.2. The molecule has 6 heteroatoms. The number of nitrogens with zero attached hydrogens (tertiary/aromatic N) is 1. The van der Waals surface area contributed by atoms with Crippen LogP contribution >= 0.6 is 0 Å². The second-order valence-electron chi connectivity index (χ2n) is 7.97. The van der Waals surface area contributed by atoms with Crippen LogP contribution in [0.3, 0.4) is 0 Å². The van der Waals surface area contributed by atoms with E-state index in [0.29, 0.717) is 30.2 Å². The van der Waals surface area contributed by atoms with E-state index in [1.54, 1.807) is 32.4 Å². The Bertz CT molecular complexity index is 1330. The van der Waals surface area contributed by atoms with E-state index < -0.39 is 0 Å². The Morgan fingerprint density at radius 1 is 0.758 bits per heavy atom. The summed E-state index contributed by atoms with van der Waals surface area (Å²) in [5, 5.41) is 2.22. The summed E-state index contributed by atoms with van der Waals surface area (Å²) in [6.07, 6.45) is 3.85. The Labute approximate surface area is 191 Å². The Kier molecular flexibility index (Phi) is 5.48. The van der Waals surface area contributed by atoms with Crippen LogP contribution in [0.15, 0.2) is 79.1 Å². The number of hydrogen-bond donors (Lipinski definition) is 2. The number of benzene rings is 3. The molecule has 1 amide bonds. The molecule has 33 heavy (non-hydrogen) atoms. The van der Waals surface area contributed by atoms with Crippen LogP contribution in [0.5, 0.6) is 11.5 Å². The zero-order valence-electron chi connectivity index (χ0n) is 18.6. The van der Waals surface area contributed by atoms with Crippen LogP contribution in [0.4, 0.5) is 0 Å². The number of nitrogens with one attached hydrogen (secondary N) is 2. The van der Waals surface area contributed by atoms with Gasteiger partial charge in [-0.2, -0.15) is 0 Å². The summed E-state index contributed by atoms with van der Waals surface area (Å²) >= 11 is 0. The van der Waals surface area contributed by atoms with Gasteiger partial charge in [-0.1, -0.05) is 24.3 Å². The highest BCUT2D eigenvalue weighted by Crippen LogP contribution is 2.27. The van der Waals surface area contributed by atoms with Crippen LogP contribution in [0.2, 0.25) is 0 Å². The molecule has 0 saturated carbocycles. The van der Waals surface area contributed by atoms with Crippen LogP contribution in [0.25, 0.3) is 21.8 Å². The molecule has 0 saturated heterocycles. The molecule has 0 spiro atoms. The Hall–Kier alpha value is -4.19. The van der Waals surface area contributed by atoms with Gasteiger partial charge >= 0.3 is 0 Å². The molecule has 2 heterocycles. The molecule has 0 aliphatic rings. The van der Waals surface area contributed by atoms with Crippen molar-refractivity contribution in [1.29, 1.82) is 0 Å². The van der Waals surface area contributed by atoms with Gasteiger partial charge in [-0.25, -0.2) is 0 Å². The maximum Gasteiger partial charge on any atom is 0.254 e. The van der Waals surface area contributed by atoms with Crippen LogP contribution in [0.1, 0.15) is 21.5 Å². The standard InChI is InChI=1S/C27H25N3O3/c1-32-21-13-20(14-22(15-21)33-2)27(31)30(16-18-5-3-7-25-23(18)9-11-28-25)17-19-6-4-8-26-24(19)10-12-29-26/h3-15,28-29H,16-17H2,1-2H3. The Morgan fingerprint density at radius 2 is 1.27 bits per heavy atom. The van der Waals surface area contributed by atoms with E-state index in [-0.39, 0.29) is 5.91 Å². The van der Waals surface area contributed by atoms with Crippen molar-refractivity contribution < 1.29 is 14.3 Å². The van der Waals surface area contributed by atoms with Gasteiger partial charge in [0.15, 0.2) is 0 Å². The second kappa shape index (κ2) is 8.74. The lowest BCUT2D eigenvalue weighted by Gasteiger charge is -2.24. The summed E-state index contributed by atoms with van der Waals surface area (Å²) in [5.74, 6) is 1.07. The van der Waals surface area contributed by atoms with E-state index >= 15 is 0 Å². The van der Waals surface area contributed by atoms with Gasteiger partial charge in [0.25, 0.3) is 5.91 Å². The first kappa shape index (κ1) is 20.7. The SMILES string of the molecule is COc1cc(OC)cc(C(=O)N(Cc2cccc3[nH]ccc23)Cc2cccc3[nH]ccc23)c1. The highest BCUT2D eigenvalue weighted by Gasteiger charge is 2.20. The zero-order valence-corrected chi connectivity index (χ0v) is 18.6. The molecule has 3 aromatic carbocycles. The van der Waals surface area contributed by atoms with Gasteiger partial charge in [-0.05, 0) is 47.5 Å². The van der Waals surface area contributed by atoms with Gasteiger partial charge < -0.3 is 24.3 Å². The lowest BCUT2D eigenvalue weighted by Crippen LogP contribution is -2.30. The minimum atomic E-state index is -0.0905. The largest absolute Gasteiger partial charge is 0.497 e. The van der Waals surface area contributed by atoms with Crippen molar-refractivity contribution >= 4 is 27.7 Å². The lowest BCUT2D eigenvalue weighted by molar-refractivity contribution is 0.0730. The number of hydrogen-bond acceptors (Lipinski definition) is 3. The van der Waals surface area contributed by atoms with Crippen molar-refractivity contribution in [3.8, 4) is 11.5 Å². The predicted molar refractivity (Wildman–Crippen MR) is 130 cm³/mol. The molecule has 2 aromatic heterocycles. The molecule has 0 radical (unpaired) electrons. The molecule has 6 nitrogen and oxygen atoms in total. The number of fused-ring (bicyclic) bond motifs is 2. The topological polar surface area (TPSA) is 70.3 Å². The van der Waals surface area contributed by atoms with Crippen LogP contribution in [0, 0.1) is 0 Å². The number of H-pyrrole nitrogens is 2. The van der Waals surface area contributed by atoms with E-state index in [1.807, 2.05) is 41.6 Å². The molecule has 0 aliphatic carbocycles. The monoisotopic (exact) mass is 439 g/mol. The Balaban J connectivity index is 1.57. The highest BCUT2D eigenvalue weighted by atomic mass is 16.5. The normalized spacial score (nSPS) is 11.1. The molecule has 0 atom stereocenters. The van der Waals surface area contributed by atoms with Crippen LogP contribution in [-0.4, -0.2) is 35.0 Å². The lowest BCUT2D eigenvalue weighted by atomic mass is 10.1. The quantitative estimate of drug-likeness (QED) is 0.351. The van der Waals surface area contributed by atoms with E-state index in [4.69, 9.17) is 9.47 Å². The Morgan fingerprint density at radius 3 is 1.76 bits per heavy atom. The third-order valence-electron chi connectivity index (χ3n) is 5.98. The van der Waals surface area contributed by atoms with Gasteiger partial charge in [0.05, 0.1) is 14.2 Å². The maximum absolute atomic E-state index is 13.8. The minimum Gasteiger partial charge on any atom is -0.497 e. The smallest absolute Gasteiger partial charge is 0.254 e. The third kappa shape index (κ3) is 4.03. The summed E-state index contributed by atoms with van der Waals surface area (Å²) in [7, 11) is 3.17. The van der Waals surface area contributed by atoms with Crippen molar-refractivity contribution in [3.05, 3.63) is 95.8 Å². The number of aromatic amines is 2. The summed E-state index contributed by atoms with van der Waals surface area (Å²) in [6, 6.07) is 21.6. The van der Waals surface area contributed by atoms with Crippen LogP contribution < -0.4 is 9.47 Å². The average molecular weight is 440 g/mol. The summed E-state index contributed by atoms with van der Waals surface area (Å²) in [6.45, 7) is 0.933. The third-order valence-corrected chi connectivity index (χ3v) is 5.98. The molecule has 5 aromatic rings. The molecular formula is C27H25N3O3. The first-order valence-corrected chi connectivity index (χ1v) is 10.8. The number of carbonyl (C=O) groups is 1. The fourth-order valence-corrected chi connectivity index (χ4v) is 4.30. The van der Waals surface area contributed by atoms with Crippen LogP contribution in [-0.2, 0) is 13.1 Å². The second-order valence-corrected chi connectivity index (χ2v) is 7.97. The van der Waals surface area contributed by atoms with Crippen molar-refractivity contribution in [2.45, 2.75) is 13.1 Å². The zero-order chi connectivity index (χ0) is 22.8.